The first-order chi connectivity index (χ1) is 9.93. The zero-order chi connectivity index (χ0) is 13.4. The van der Waals surface area contributed by atoms with Crippen LogP contribution in [-0.2, 0) is 13.0 Å². The number of aryl methyl sites for hydroxylation is 1. The number of rotatable bonds is 1. The first-order valence-corrected chi connectivity index (χ1v) is 7.27. The molecule has 4 heterocycles. The van der Waals surface area contributed by atoms with E-state index in [9.17, 15) is 0 Å². The Labute approximate surface area is 118 Å². The molecule has 2 aliphatic rings. The first-order valence-electron chi connectivity index (χ1n) is 7.27. The SMILES string of the molecule is c1cnc2c(c1)CNCC2N1CCCc2ccncc21. The van der Waals surface area contributed by atoms with Gasteiger partial charge in [0.25, 0.3) is 0 Å². The number of nitrogens with one attached hydrogen (secondary N) is 1. The van der Waals surface area contributed by atoms with Gasteiger partial charge < -0.3 is 10.2 Å². The average Bonchev–Trinajstić information content (AvgIpc) is 2.54. The third-order valence-electron chi connectivity index (χ3n) is 4.31. The lowest BCUT2D eigenvalue weighted by Crippen LogP contribution is -2.42. The largest absolute Gasteiger partial charge is 0.360 e. The highest BCUT2D eigenvalue weighted by Gasteiger charge is 2.29. The molecule has 102 valence electrons. The summed E-state index contributed by atoms with van der Waals surface area (Å²) in [6, 6.07) is 6.67. The summed E-state index contributed by atoms with van der Waals surface area (Å²) in [5.41, 5.74) is 5.24. The van der Waals surface area contributed by atoms with Crippen molar-refractivity contribution in [1.29, 1.82) is 0 Å². The van der Waals surface area contributed by atoms with Gasteiger partial charge in [-0.15, -0.1) is 0 Å². The number of pyridine rings is 2. The summed E-state index contributed by atoms with van der Waals surface area (Å²) in [6.45, 7) is 2.97. The summed E-state index contributed by atoms with van der Waals surface area (Å²) in [4.78, 5) is 11.4. The molecule has 0 saturated heterocycles. The van der Waals surface area contributed by atoms with Gasteiger partial charge in [-0.3, -0.25) is 9.97 Å². The summed E-state index contributed by atoms with van der Waals surface area (Å²) in [5.74, 6) is 0. The van der Waals surface area contributed by atoms with Gasteiger partial charge in [0, 0.05) is 32.0 Å². The lowest BCUT2D eigenvalue weighted by Gasteiger charge is -2.39. The fourth-order valence-corrected chi connectivity index (χ4v) is 3.37. The number of aromatic nitrogens is 2. The van der Waals surface area contributed by atoms with Crippen LogP contribution in [0.15, 0.2) is 36.8 Å². The topological polar surface area (TPSA) is 41.1 Å². The summed E-state index contributed by atoms with van der Waals surface area (Å²) >= 11 is 0. The molecule has 0 bridgehead atoms. The molecule has 2 aliphatic heterocycles. The second-order valence-electron chi connectivity index (χ2n) is 5.50. The third-order valence-corrected chi connectivity index (χ3v) is 4.31. The van der Waals surface area contributed by atoms with E-state index >= 15 is 0 Å². The molecular weight excluding hydrogens is 248 g/mol. The fourth-order valence-electron chi connectivity index (χ4n) is 3.37. The molecule has 1 N–H and O–H groups in total. The van der Waals surface area contributed by atoms with Crippen molar-refractivity contribution in [1.82, 2.24) is 15.3 Å². The van der Waals surface area contributed by atoms with Crippen molar-refractivity contribution in [3.05, 3.63) is 53.6 Å². The second-order valence-corrected chi connectivity index (χ2v) is 5.50. The third kappa shape index (κ3) is 1.88. The van der Waals surface area contributed by atoms with Crippen molar-refractivity contribution < 1.29 is 0 Å². The highest BCUT2D eigenvalue weighted by atomic mass is 15.2. The molecule has 0 saturated carbocycles. The van der Waals surface area contributed by atoms with Gasteiger partial charge in [-0.05, 0) is 36.1 Å². The lowest BCUT2D eigenvalue weighted by atomic mass is 9.96. The molecule has 0 aliphatic carbocycles. The molecule has 1 atom stereocenters. The zero-order valence-electron chi connectivity index (χ0n) is 11.4. The van der Waals surface area contributed by atoms with Gasteiger partial charge in [0.1, 0.15) is 0 Å². The Morgan fingerprint density at radius 2 is 2.20 bits per heavy atom. The molecule has 0 spiro atoms. The Balaban J connectivity index is 1.77. The maximum absolute atomic E-state index is 4.65. The van der Waals surface area contributed by atoms with E-state index in [0.717, 1.165) is 26.1 Å². The Morgan fingerprint density at radius 3 is 3.20 bits per heavy atom. The van der Waals surface area contributed by atoms with Crippen LogP contribution in [-0.4, -0.2) is 23.1 Å². The summed E-state index contributed by atoms with van der Waals surface area (Å²) in [6.07, 6.45) is 8.17. The van der Waals surface area contributed by atoms with E-state index < -0.39 is 0 Å². The fraction of sp³-hybridized carbons (Fsp3) is 0.375. The van der Waals surface area contributed by atoms with Crippen LogP contribution < -0.4 is 10.2 Å². The van der Waals surface area contributed by atoms with Crippen LogP contribution in [0.25, 0.3) is 0 Å². The van der Waals surface area contributed by atoms with Crippen molar-refractivity contribution in [2.24, 2.45) is 0 Å². The molecule has 1 unspecified atom stereocenters. The van der Waals surface area contributed by atoms with Crippen molar-refractivity contribution in [3.8, 4) is 0 Å². The number of hydrogen-bond acceptors (Lipinski definition) is 4. The van der Waals surface area contributed by atoms with Gasteiger partial charge in [-0.2, -0.15) is 0 Å². The smallest absolute Gasteiger partial charge is 0.0841 e. The summed E-state index contributed by atoms with van der Waals surface area (Å²) < 4.78 is 0. The number of anilines is 1. The molecule has 0 fully saturated rings. The van der Waals surface area contributed by atoms with Crippen LogP contribution in [0.3, 0.4) is 0 Å². The molecule has 20 heavy (non-hydrogen) atoms. The van der Waals surface area contributed by atoms with E-state index in [2.05, 4.69) is 32.3 Å². The van der Waals surface area contributed by atoms with Crippen molar-refractivity contribution in [3.63, 3.8) is 0 Å². The van der Waals surface area contributed by atoms with Gasteiger partial charge in [0.15, 0.2) is 0 Å². The highest BCUT2D eigenvalue weighted by Crippen LogP contribution is 2.34. The molecule has 4 nitrogen and oxygen atoms in total. The first kappa shape index (κ1) is 11.9. The van der Waals surface area contributed by atoms with Crippen LogP contribution in [0.5, 0.6) is 0 Å². The normalized spacial score (nSPS) is 21.2. The van der Waals surface area contributed by atoms with Crippen LogP contribution in [0.2, 0.25) is 0 Å². The van der Waals surface area contributed by atoms with E-state index in [0.29, 0.717) is 6.04 Å². The molecule has 0 radical (unpaired) electrons. The molecule has 2 aromatic rings. The summed E-state index contributed by atoms with van der Waals surface area (Å²) in [5, 5.41) is 3.52. The molecule has 0 amide bonds. The van der Waals surface area contributed by atoms with Gasteiger partial charge in [-0.1, -0.05) is 6.07 Å². The molecular formula is C16H18N4. The van der Waals surface area contributed by atoms with Crippen LogP contribution in [0, 0.1) is 0 Å². The molecule has 4 heteroatoms. The Hall–Kier alpha value is -1.94. The van der Waals surface area contributed by atoms with Gasteiger partial charge in [-0.25, -0.2) is 0 Å². The maximum atomic E-state index is 4.65. The second kappa shape index (κ2) is 4.87. The number of hydrogen-bond donors (Lipinski definition) is 1. The average molecular weight is 266 g/mol. The minimum atomic E-state index is 0.322. The highest BCUT2D eigenvalue weighted by molar-refractivity contribution is 5.55. The summed E-state index contributed by atoms with van der Waals surface area (Å²) in [7, 11) is 0. The number of fused-ring (bicyclic) bond motifs is 2. The van der Waals surface area contributed by atoms with Gasteiger partial charge >= 0.3 is 0 Å². The van der Waals surface area contributed by atoms with Crippen molar-refractivity contribution in [2.45, 2.75) is 25.4 Å². The predicted molar refractivity (Wildman–Crippen MR) is 78.6 cm³/mol. The van der Waals surface area contributed by atoms with Crippen LogP contribution in [0.4, 0.5) is 5.69 Å². The maximum Gasteiger partial charge on any atom is 0.0841 e. The Kier molecular flexibility index (Phi) is 2.89. The monoisotopic (exact) mass is 266 g/mol. The van der Waals surface area contributed by atoms with Crippen molar-refractivity contribution in [2.75, 3.05) is 18.0 Å². The lowest BCUT2D eigenvalue weighted by molar-refractivity contribution is 0.488. The molecule has 2 aromatic heterocycles. The number of nitrogens with zero attached hydrogens (tertiary/aromatic N) is 3. The van der Waals surface area contributed by atoms with E-state index in [1.54, 1.807) is 0 Å². The predicted octanol–water partition coefficient (Wildman–Crippen LogP) is 2.07. The minimum absolute atomic E-state index is 0.322. The standard InChI is InChI=1S/C16H18N4/c1-3-13-9-18-11-15(16(13)19-6-1)20-8-2-4-12-5-7-17-10-14(12)20/h1,3,5-7,10,15,18H,2,4,8-9,11H2. The van der Waals surface area contributed by atoms with E-state index in [1.165, 1.54) is 28.9 Å². The van der Waals surface area contributed by atoms with Gasteiger partial charge in [0.05, 0.1) is 23.6 Å². The van der Waals surface area contributed by atoms with Crippen molar-refractivity contribution >= 4 is 5.69 Å². The van der Waals surface area contributed by atoms with E-state index in [-0.39, 0.29) is 0 Å². The molecule has 0 aromatic carbocycles. The minimum Gasteiger partial charge on any atom is -0.360 e. The molecule has 4 rings (SSSR count). The zero-order valence-corrected chi connectivity index (χ0v) is 11.4. The Morgan fingerprint density at radius 1 is 1.20 bits per heavy atom. The quantitative estimate of drug-likeness (QED) is 0.858. The van der Waals surface area contributed by atoms with Gasteiger partial charge in [0.2, 0.25) is 0 Å². The van der Waals surface area contributed by atoms with E-state index in [4.69, 9.17) is 0 Å². The van der Waals surface area contributed by atoms with Crippen LogP contribution >= 0.6 is 0 Å². The Bertz CT molecular complexity index is 570. The van der Waals surface area contributed by atoms with E-state index in [1.807, 2.05) is 24.7 Å². The van der Waals surface area contributed by atoms with Crippen LogP contribution in [0.1, 0.15) is 29.3 Å².